The number of nitrogens with zero attached hydrogens (tertiary/aromatic N) is 2. The summed E-state index contributed by atoms with van der Waals surface area (Å²) in [7, 11) is 0. The molecule has 0 radical (unpaired) electrons. The van der Waals surface area contributed by atoms with Crippen LogP contribution in [0.3, 0.4) is 0 Å². The number of aromatic nitrogens is 2. The third-order valence-corrected chi connectivity index (χ3v) is 4.68. The van der Waals surface area contributed by atoms with E-state index in [0.29, 0.717) is 21.4 Å². The molecule has 0 bridgehead atoms. The smallest absolute Gasteiger partial charge is 0.173 e. The molecule has 0 amide bonds. The molecule has 0 saturated heterocycles. The SMILES string of the molecule is O=C(CSc1ncc2ccccn12)c1ccc(Cl)c(Cl)c1. The highest BCUT2D eigenvalue weighted by atomic mass is 35.5. The van der Waals surface area contributed by atoms with Crippen LogP contribution in [0.5, 0.6) is 0 Å². The molecule has 21 heavy (non-hydrogen) atoms. The van der Waals surface area contributed by atoms with E-state index in [2.05, 4.69) is 4.98 Å². The molecule has 0 saturated carbocycles. The number of fused-ring (bicyclic) bond motifs is 1. The lowest BCUT2D eigenvalue weighted by Crippen LogP contribution is -2.03. The highest BCUT2D eigenvalue weighted by molar-refractivity contribution is 7.99. The zero-order valence-electron chi connectivity index (χ0n) is 10.8. The van der Waals surface area contributed by atoms with E-state index in [0.717, 1.165) is 10.7 Å². The normalized spacial score (nSPS) is 11.0. The average Bonchev–Trinajstić information content (AvgIpc) is 2.91. The Balaban J connectivity index is 1.75. The quantitative estimate of drug-likeness (QED) is 0.515. The average molecular weight is 337 g/mol. The summed E-state index contributed by atoms with van der Waals surface area (Å²) in [5.74, 6) is 0.289. The summed E-state index contributed by atoms with van der Waals surface area (Å²) in [5.41, 5.74) is 1.56. The van der Waals surface area contributed by atoms with Gasteiger partial charge in [0.05, 0.1) is 27.5 Å². The standard InChI is InChI=1S/C15H10Cl2N2OS/c16-12-5-4-10(7-13(12)17)14(20)9-21-15-18-8-11-3-1-2-6-19(11)15/h1-8H,9H2. The Bertz CT molecular complexity index is 816. The fraction of sp³-hybridized carbons (Fsp3) is 0.0667. The molecule has 1 aromatic carbocycles. The minimum atomic E-state index is -0.00810. The van der Waals surface area contributed by atoms with Gasteiger partial charge in [-0.2, -0.15) is 0 Å². The van der Waals surface area contributed by atoms with Crippen molar-refractivity contribution in [3.63, 3.8) is 0 Å². The van der Waals surface area contributed by atoms with E-state index in [1.807, 2.05) is 28.8 Å². The van der Waals surface area contributed by atoms with Crippen LogP contribution in [0.15, 0.2) is 53.9 Å². The van der Waals surface area contributed by atoms with Gasteiger partial charge < -0.3 is 0 Å². The largest absolute Gasteiger partial charge is 0.295 e. The van der Waals surface area contributed by atoms with Crippen LogP contribution in [0.4, 0.5) is 0 Å². The molecule has 106 valence electrons. The Kier molecular flexibility index (Phi) is 4.19. The van der Waals surface area contributed by atoms with Crippen LogP contribution >= 0.6 is 35.0 Å². The van der Waals surface area contributed by atoms with E-state index >= 15 is 0 Å². The maximum Gasteiger partial charge on any atom is 0.173 e. The Morgan fingerprint density at radius 2 is 2.05 bits per heavy atom. The minimum absolute atomic E-state index is 0.00810. The molecule has 0 unspecified atom stereocenters. The van der Waals surface area contributed by atoms with E-state index in [1.54, 1.807) is 24.4 Å². The van der Waals surface area contributed by atoms with Crippen molar-refractivity contribution < 1.29 is 4.79 Å². The summed E-state index contributed by atoms with van der Waals surface area (Å²) in [6.45, 7) is 0. The molecule has 0 atom stereocenters. The molecule has 0 aliphatic rings. The number of rotatable bonds is 4. The van der Waals surface area contributed by atoms with Crippen LogP contribution in [0.1, 0.15) is 10.4 Å². The number of hydrogen-bond donors (Lipinski definition) is 0. The Morgan fingerprint density at radius 1 is 1.19 bits per heavy atom. The van der Waals surface area contributed by atoms with E-state index in [4.69, 9.17) is 23.2 Å². The molecule has 0 spiro atoms. The molecule has 0 aliphatic heterocycles. The zero-order chi connectivity index (χ0) is 14.8. The fourth-order valence-electron chi connectivity index (χ4n) is 1.91. The van der Waals surface area contributed by atoms with Gasteiger partial charge in [0.1, 0.15) is 0 Å². The first-order valence-electron chi connectivity index (χ1n) is 6.18. The van der Waals surface area contributed by atoms with Crippen LogP contribution in [0.25, 0.3) is 5.52 Å². The Labute approximate surface area is 135 Å². The lowest BCUT2D eigenvalue weighted by molar-refractivity contribution is 0.102. The zero-order valence-corrected chi connectivity index (χ0v) is 13.1. The minimum Gasteiger partial charge on any atom is -0.295 e. The topological polar surface area (TPSA) is 34.4 Å². The number of Topliss-reactive ketones (excluding diaryl/α,β-unsaturated/α-hetero) is 1. The third kappa shape index (κ3) is 3.07. The Morgan fingerprint density at radius 3 is 2.86 bits per heavy atom. The van der Waals surface area contributed by atoms with E-state index in [9.17, 15) is 4.79 Å². The van der Waals surface area contributed by atoms with Gasteiger partial charge in [-0.1, -0.05) is 41.0 Å². The maximum absolute atomic E-state index is 12.2. The highest BCUT2D eigenvalue weighted by Crippen LogP contribution is 2.24. The van der Waals surface area contributed by atoms with Crippen molar-refractivity contribution >= 4 is 46.3 Å². The summed E-state index contributed by atoms with van der Waals surface area (Å²) >= 11 is 13.2. The number of imidazole rings is 1. The van der Waals surface area contributed by atoms with Gasteiger partial charge in [0.15, 0.2) is 10.9 Å². The number of ketones is 1. The predicted molar refractivity (Wildman–Crippen MR) is 86.7 cm³/mol. The monoisotopic (exact) mass is 336 g/mol. The van der Waals surface area contributed by atoms with Crippen LogP contribution in [-0.2, 0) is 0 Å². The van der Waals surface area contributed by atoms with E-state index in [1.165, 1.54) is 11.8 Å². The molecule has 0 aliphatic carbocycles. The van der Waals surface area contributed by atoms with Crippen molar-refractivity contribution in [3.8, 4) is 0 Å². The van der Waals surface area contributed by atoms with Crippen molar-refractivity contribution in [2.45, 2.75) is 5.16 Å². The van der Waals surface area contributed by atoms with Crippen LogP contribution in [0.2, 0.25) is 10.0 Å². The van der Waals surface area contributed by atoms with E-state index in [-0.39, 0.29) is 5.78 Å². The second-order valence-electron chi connectivity index (χ2n) is 4.38. The molecule has 0 N–H and O–H groups in total. The number of benzene rings is 1. The number of pyridine rings is 1. The second-order valence-corrected chi connectivity index (χ2v) is 6.13. The van der Waals surface area contributed by atoms with Gasteiger partial charge >= 0.3 is 0 Å². The number of halogens is 2. The highest BCUT2D eigenvalue weighted by Gasteiger charge is 2.11. The lowest BCUT2D eigenvalue weighted by atomic mass is 10.1. The van der Waals surface area contributed by atoms with Gasteiger partial charge in [-0.05, 0) is 30.3 Å². The van der Waals surface area contributed by atoms with Crippen LogP contribution in [-0.4, -0.2) is 20.9 Å². The summed E-state index contributed by atoms with van der Waals surface area (Å²) in [6.07, 6.45) is 3.71. The van der Waals surface area contributed by atoms with Crippen molar-refractivity contribution in [2.24, 2.45) is 0 Å². The molecule has 3 nitrogen and oxygen atoms in total. The first-order chi connectivity index (χ1) is 10.1. The van der Waals surface area contributed by atoms with Gasteiger partial charge in [-0.3, -0.25) is 9.20 Å². The van der Waals surface area contributed by atoms with Gasteiger partial charge in [-0.15, -0.1) is 0 Å². The molecular formula is C15H10Cl2N2OS. The van der Waals surface area contributed by atoms with Gasteiger partial charge in [0.2, 0.25) is 0 Å². The first-order valence-corrected chi connectivity index (χ1v) is 7.92. The van der Waals surface area contributed by atoms with Gasteiger partial charge in [-0.25, -0.2) is 4.98 Å². The molecule has 3 aromatic rings. The Hall–Kier alpha value is -1.49. The van der Waals surface area contributed by atoms with Crippen molar-refractivity contribution in [1.29, 1.82) is 0 Å². The van der Waals surface area contributed by atoms with Gasteiger partial charge in [0, 0.05) is 11.8 Å². The van der Waals surface area contributed by atoms with Crippen LogP contribution in [0, 0.1) is 0 Å². The number of hydrogen-bond acceptors (Lipinski definition) is 3. The fourth-order valence-corrected chi connectivity index (χ4v) is 3.07. The van der Waals surface area contributed by atoms with E-state index < -0.39 is 0 Å². The van der Waals surface area contributed by atoms with Gasteiger partial charge in [0.25, 0.3) is 0 Å². The molecule has 2 aromatic heterocycles. The predicted octanol–water partition coefficient (Wildman–Crippen LogP) is 4.62. The second kappa shape index (κ2) is 6.10. The third-order valence-electron chi connectivity index (χ3n) is 2.98. The molecule has 3 rings (SSSR count). The molecule has 0 fully saturated rings. The number of carbonyl (C=O) groups is 1. The van der Waals surface area contributed by atoms with Crippen molar-refractivity contribution in [3.05, 3.63) is 64.4 Å². The molecular weight excluding hydrogens is 327 g/mol. The van der Waals surface area contributed by atoms with Crippen molar-refractivity contribution in [1.82, 2.24) is 9.38 Å². The molecule has 2 heterocycles. The summed E-state index contributed by atoms with van der Waals surface area (Å²) in [5, 5.41) is 1.62. The maximum atomic E-state index is 12.2. The van der Waals surface area contributed by atoms with Crippen molar-refractivity contribution in [2.75, 3.05) is 5.75 Å². The lowest BCUT2D eigenvalue weighted by Gasteiger charge is -2.03. The summed E-state index contributed by atoms with van der Waals surface area (Å²) in [6, 6.07) is 10.8. The number of thioether (sulfide) groups is 1. The first kappa shape index (κ1) is 14.4. The summed E-state index contributed by atoms with van der Waals surface area (Å²) < 4.78 is 1.95. The number of carbonyl (C=O) groups excluding carboxylic acids is 1. The summed E-state index contributed by atoms with van der Waals surface area (Å²) in [4.78, 5) is 16.5. The van der Waals surface area contributed by atoms with Crippen LogP contribution < -0.4 is 0 Å². The molecule has 6 heteroatoms.